The molecule has 0 saturated carbocycles. The van der Waals surface area contributed by atoms with Gasteiger partial charge in [-0.05, 0) is 36.1 Å². The van der Waals surface area contributed by atoms with Crippen LogP contribution in [0.4, 0.5) is 0 Å². The number of fused-ring (bicyclic) bond motifs is 1. The van der Waals surface area contributed by atoms with Crippen molar-refractivity contribution in [1.82, 2.24) is 4.98 Å². The molecule has 0 atom stereocenters. The summed E-state index contributed by atoms with van der Waals surface area (Å²) in [6.07, 6.45) is 0. The summed E-state index contributed by atoms with van der Waals surface area (Å²) in [7, 11) is 0. The number of hydrogen-bond donors (Lipinski definition) is 1. The first kappa shape index (κ1) is 12.5. The minimum absolute atomic E-state index is 0.0858. The van der Waals surface area contributed by atoms with Crippen molar-refractivity contribution >= 4 is 10.9 Å². The van der Waals surface area contributed by atoms with Crippen LogP contribution in [-0.2, 0) is 0 Å². The summed E-state index contributed by atoms with van der Waals surface area (Å²) >= 11 is 0. The van der Waals surface area contributed by atoms with Crippen LogP contribution in [0.1, 0.15) is 6.92 Å². The molecule has 0 amide bonds. The fourth-order valence-corrected chi connectivity index (χ4v) is 2.27. The molecule has 1 heterocycles. The number of nitrogens with one attached hydrogen (secondary N) is 1. The second-order valence-electron chi connectivity index (χ2n) is 4.56. The van der Waals surface area contributed by atoms with Crippen molar-refractivity contribution < 1.29 is 4.74 Å². The van der Waals surface area contributed by atoms with E-state index in [0.29, 0.717) is 12.2 Å². The highest BCUT2D eigenvalue weighted by atomic mass is 16.5. The van der Waals surface area contributed by atoms with Gasteiger partial charge in [0.2, 0.25) is 0 Å². The molecule has 100 valence electrons. The summed E-state index contributed by atoms with van der Waals surface area (Å²) < 4.78 is 5.45. The van der Waals surface area contributed by atoms with Gasteiger partial charge in [0.25, 0.3) is 5.56 Å². The molecule has 3 aromatic rings. The van der Waals surface area contributed by atoms with E-state index >= 15 is 0 Å². The highest BCUT2D eigenvalue weighted by Gasteiger charge is 2.06. The Kier molecular flexibility index (Phi) is 3.25. The van der Waals surface area contributed by atoms with E-state index in [1.165, 1.54) is 0 Å². The van der Waals surface area contributed by atoms with Gasteiger partial charge in [0.1, 0.15) is 5.75 Å². The average Bonchev–Trinajstić information content (AvgIpc) is 2.48. The van der Waals surface area contributed by atoms with Gasteiger partial charge < -0.3 is 9.72 Å². The van der Waals surface area contributed by atoms with Gasteiger partial charge in [-0.1, -0.05) is 30.3 Å². The first-order valence-electron chi connectivity index (χ1n) is 6.63. The van der Waals surface area contributed by atoms with E-state index in [9.17, 15) is 4.79 Å². The Hall–Kier alpha value is -2.55. The number of hydrogen-bond acceptors (Lipinski definition) is 2. The Bertz CT molecular complexity index is 791. The van der Waals surface area contributed by atoms with E-state index in [-0.39, 0.29) is 5.56 Å². The van der Waals surface area contributed by atoms with Crippen molar-refractivity contribution in [2.75, 3.05) is 6.61 Å². The summed E-state index contributed by atoms with van der Waals surface area (Å²) in [6.45, 7) is 2.54. The standard InChI is InChI=1S/C17H15NO2/c1-2-20-14-9-8-13-10-15(12-6-4-3-5-7-12)17(19)18-16(13)11-14/h3-11H,2H2,1H3,(H,18,19). The molecule has 3 nitrogen and oxygen atoms in total. The van der Waals surface area contributed by atoms with Crippen LogP contribution < -0.4 is 10.3 Å². The normalized spacial score (nSPS) is 10.7. The molecule has 2 aromatic carbocycles. The van der Waals surface area contributed by atoms with Gasteiger partial charge in [0.15, 0.2) is 0 Å². The number of ether oxygens (including phenoxy) is 1. The van der Waals surface area contributed by atoms with Crippen LogP contribution in [0, 0.1) is 0 Å². The van der Waals surface area contributed by atoms with Crippen molar-refractivity contribution in [2.45, 2.75) is 6.92 Å². The Morgan fingerprint density at radius 1 is 1.05 bits per heavy atom. The highest BCUT2D eigenvalue weighted by molar-refractivity contribution is 5.84. The maximum atomic E-state index is 12.2. The molecular weight excluding hydrogens is 250 g/mol. The van der Waals surface area contributed by atoms with Gasteiger partial charge in [-0.25, -0.2) is 0 Å². The summed E-state index contributed by atoms with van der Waals surface area (Å²) in [6, 6.07) is 17.3. The number of benzene rings is 2. The number of H-pyrrole nitrogens is 1. The van der Waals surface area contributed by atoms with Crippen LogP contribution in [0.5, 0.6) is 5.75 Å². The topological polar surface area (TPSA) is 42.1 Å². The third-order valence-corrected chi connectivity index (χ3v) is 3.21. The third kappa shape index (κ3) is 2.30. The Labute approximate surface area is 116 Å². The molecule has 0 aliphatic rings. The van der Waals surface area contributed by atoms with Gasteiger partial charge in [0, 0.05) is 11.6 Å². The van der Waals surface area contributed by atoms with Crippen LogP contribution >= 0.6 is 0 Å². The Morgan fingerprint density at radius 2 is 1.85 bits per heavy atom. The van der Waals surface area contributed by atoms with Crippen molar-refractivity contribution in [1.29, 1.82) is 0 Å². The molecule has 3 rings (SSSR count). The second-order valence-corrected chi connectivity index (χ2v) is 4.56. The van der Waals surface area contributed by atoms with Crippen LogP contribution in [0.25, 0.3) is 22.0 Å². The van der Waals surface area contributed by atoms with Crippen molar-refractivity contribution in [3.8, 4) is 16.9 Å². The number of rotatable bonds is 3. The maximum absolute atomic E-state index is 12.2. The maximum Gasteiger partial charge on any atom is 0.256 e. The zero-order valence-electron chi connectivity index (χ0n) is 11.2. The fraction of sp³-hybridized carbons (Fsp3) is 0.118. The van der Waals surface area contributed by atoms with Gasteiger partial charge in [-0.15, -0.1) is 0 Å². The zero-order valence-corrected chi connectivity index (χ0v) is 11.2. The van der Waals surface area contributed by atoms with Crippen LogP contribution in [0.3, 0.4) is 0 Å². The second kappa shape index (κ2) is 5.21. The van der Waals surface area contributed by atoms with Gasteiger partial charge in [-0.3, -0.25) is 4.79 Å². The molecule has 20 heavy (non-hydrogen) atoms. The quantitative estimate of drug-likeness (QED) is 0.786. The smallest absolute Gasteiger partial charge is 0.256 e. The molecule has 0 aliphatic heterocycles. The lowest BCUT2D eigenvalue weighted by Crippen LogP contribution is -2.08. The van der Waals surface area contributed by atoms with E-state index in [0.717, 1.165) is 22.2 Å². The predicted octanol–water partition coefficient (Wildman–Crippen LogP) is 3.59. The Balaban J connectivity index is 2.16. The monoisotopic (exact) mass is 265 g/mol. The van der Waals surface area contributed by atoms with E-state index in [1.807, 2.05) is 61.5 Å². The molecule has 0 unspecified atom stereocenters. The highest BCUT2D eigenvalue weighted by Crippen LogP contribution is 2.22. The summed E-state index contributed by atoms with van der Waals surface area (Å²) in [5.74, 6) is 0.767. The van der Waals surface area contributed by atoms with E-state index < -0.39 is 0 Å². The SMILES string of the molecule is CCOc1ccc2cc(-c3ccccc3)c(=O)[nH]c2c1. The lowest BCUT2D eigenvalue weighted by atomic mass is 10.1. The first-order chi connectivity index (χ1) is 9.78. The van der Waals surface area contributed by atoms with Gasteiger partial charge in [-0.2, -0.15) is 0 Å². The van der Waals surface area contributed by atoms with E-state index in [1.54, 1.807) is 0 Å². The Morgan fingerprint density at radius 3 is 2.60 bits per heavy atom. The van der Waals surface area contributed by atoms with Crippen LogP contribution in [0.15, 0.2) is 59.4 Å². The lowest BCUT2D eigenvalue weighted by molar-refractivity contribution is 0.340. The third-order valence-electron chi connectivity index (χ3n) is 3.21. The molecule has 3 heteroatoms. The van der Waals surface area contributed by atoms with Crippen LogP contribution in [-0.4, -0.2) is 11.6 Å². The lowest BCUT2D eigenvalue weighted by Gasteiger charge is -2.06. The average molecular weight is 265 g/mol. The van der Waals surface area contributed by atoms with Crippen molar-refractivity contribution in [3.63, 3.8) is 0 Å². The minimum atomic E-state index is -0.0858. The number of aromatic amines is 1. The minimum Gasteiger partial charge on any atom is -0.494 e. The molecule has 1 aromatic heterocycles. The molecular formula is C17H15NO2. The summed E-state index contributed by atoms with van der Waals surface area (Å²) in [5.41, 5.74) is 2.31. The molecule has 0 spiro atoms. The molecule has 0 bridgehead atoms. The van der Waals surface area contributed by atoms with Crippen molar-refractivity contribution in [3.05, 3.63) is 65.0 Å². The predicted molar refractivity (Wildman–Crippen MR) is 81.2 cm³/mol. The molecule has 0 saturated heterocycles. The fourth-order valence-electron chi connectivity index (χ4n) is 2.27. The number of aromatic nitrogens is 1. The first-order valence-corrected chi connectivity index (χ1v) is 6.63. The molecule has 0 aliphatic carbocycles. The number of pyridine rings is 1. The van der Waals surface area contributed by atoms with Crippen LogP contribution in [0.2, 0.25) is 0 Å². The summed E-state index contributed by atoms with van der Waals surface area (Å²) in [4.78, 5) is 15.1. The zero-order chi connectivity index (χ0) is 13.9. The van der Waals surface area contributed by atoms with E-state index in [2.05, 4.69) is 4.98 Å². The molecule has 1 N–H and O–H groups in total. The van der Waals surface area contributed by atoms with E-state index in [4.69, 9.17) is 4.74 Å². The molecule has 0 fully saturated rings. The molecule has 0 radical (unpaired) electrons. The summed E-state index contributed by atoms with van der Waals surface area (Å²) in [5, 5.41) is 0.993. The van der Waals surface area contributed by atoms with Gasteiger partial charge in [0.05, 0.1) is 12.1 Å². The largest absolute Gasteiger partial charge is 0.494 e. The van der Waals surface area contributed by atoms with Gasteiger partial charge >= 0.3 is 0 Å². The van der Waals surface area contributed by atoms with Crippen molar-refractivity contribution in [2.24, 2.45) is 0 Å².